The highest BCUT2D eigenvalue weighted by molar-refractivity contribution is 6.33. The van der Waals surface area contributed by atoms with Gasteiger partial charge in [-0.15, -0.1) is 0 Å². The lowest BCUT2D eigenvalue weighted by molar-refractivity contribution is -0.142. The van der Waals surface area contributed by atoms with Gasteiger partial charge in [0, 0.05) is 13.0 Å². The summed E-state index contributed by atoms with van der Waals surface area (Å²) in [4.78, 5) is 37.4. The average Bonchev–Trinajstić information content (AvgIpc) is 3.27. The Bertz CT molecular complexity index is 674. The van der Waals surface area contributed by atoms with Crippen LogP contribution in [0.2, 0.25) is 5.02 Å². The van der Waals surface area contributed by atoms with Gasteiger partial charge in [-0.3, -0.25) is 9.59 Å². The second kappa shape index (κ2) is 6.81. The van der Waals surface area contributed by atoms with Crippen molar-refractivity contribution in [1.82, 2.24) is 5.32 Å². The SMILES string of the molecule is O=C(NC(CC1CC1)C(=O)O)C1CC(=O)N(c2ccccc2Cl)C1. The molecule has 1 saturated heterocycles. The molecule has 1 heterocycles. The Morgan fingerprint density at radius 2 is 2.04 bits per heavy atom. The monoisotopic (exact) mass is 350 g/mol. The number of amides is 2. The van der Waals surface area contributed by atoms with Crippen LogP contribution >= 0.6 is 11.6 Å². The number of carbonyl (C=O) groups excluding carboxylic acids is 2. The van der Waals surface area contributed by atoms with Gasteiger partial charge in [0.1, 0.15) is 6.04 Å². The van der Waals surface area contributed by atoms with Crippen LogP contribution in [0.15, 0.2) is 24.3 Å². The third-order valence-corrected chi connectivity index (χ3v) is 4.84. The molecule has 1 saturated carbocycles. The van der Waals surface area contributed by atoms with Gasteiger partial charge in [0.15, 0.2) is 0 Å². The van der Waals surface area contributed by atoms with Crippen LogP contribution in [0, 0.1) is 11.8 Å². The minimum Gasteiger partial charge on any atom is -0.480 e. The first-order valence-electron chi connectivity index (χ1n) is 8.03. The first-order valence-corrected chi connectivity index (χ1v) is 8.41. The Morgan fingerprint density at radius 1 is 1.33 bits per heavy atom. The summed E-state index contributed by atoms with van der Waals surface area (Å²) in [6.45, 7) is 0.212. The van der Waals surface area contributed by atoms with Crippen molar-refractivity contribution in [2.75, 3.05) is 11.4 Å². The number of nitrogens with zero attached hydrogens (tertiary/aromatic N) is 1. The van der Waals surface area contributed by atoms with Crippen molar-refractivity contribution in [2.45, 2.75) is 31.7 Å². The Morgan fingerprint density at radius 3 is 2.67 bits per heavy atom. The maximum absolute atomic E-state index is 12.4. The second-order valence-electron chi connectivity index (χ2n) is 6.44. The van der Waals surface area contributed by atoms with Gasteiger partial charge in [-0.1, -0.05) is 36.6 Å². The van der Waals surface area contributed by atoms with Gasteiger partial charge in [0.05, 0.1) is 16.6 Å². The van der Waals surface area contributed by atoms with Gasteiger partial charge in [-0.25, -0.2) is 4.79 Å². The van der Waals surface area contributed by atoms with E-state index >= 15 is 0 Å². The molecule has 2 fully saturated rings. The molecule has 2 amide bonds. The molecule has 0 radical (unpaired) electrons. The number of benzene rings is 1. The van der Waals surface area contributed by atoms with Crippen LogP contribution in [0.4, 0.5) is 5.69 Å². The number of carboxylic acids is 1. The van der Waals surface area contributed by atoms with Gasteiger partial charge in [0.2, 0.25) is 11.8 Å². The largest absolute Gasteiger partial charge is 0.480 e. The number of hydrogen-bond donors (Lipinski definition) is 2. The summed E-state index contributed by atoms with van der Waals surface area (Å²) in [5.74, 6) is -1.77. The molecule has 3 rings (SSSR count). The van der Waals surface area contributed by atoms with Crippen LogP contribution in [-0.2, 0) is 14.4 Å². The van der Waals surface area contributed by atoms with Crippen molar-refractivity contribution < 1.29 is 19.5 Å². The van der Waals surface area contributed by atoms with Gasteiger partial charge in [0.25, 0.3) is 0 Å². The third-order valence-electron chi connectivity index (χ3n) is 4.52. The fourth-order valence-corrected chi connectivity index (χ4v) is 3.22. The van der Waals surface area contributed by atoms with Crippen LogP contribution in [-0.4, -0.2) is 35.5 Å². The maximum atomic E-state index is 12.4. The van der Waals surface area contributed by atoms with Crippen molar-refractivity contribution in [2.24, 2.45) is 11.8 Å². The number of aliphatic carboxylic acids is 1. The highest BCUT2D eigenvalue weighted by Crippen LogP contribution is 2.34. The maximum Gasteiger partial charge on any atom is 0.326 e. The quantitative estimate of drug-likeness (QED) is 0.822. The molecule has 1 aliphatic heterocycles. The number of carboxylic acid groups (broad SMARTS) is 1. The van der Waals surface area contributed by atoms with E-state index in [9.17, 15) is 19.5 Å². The second-order valence-corrected chi connectivity index (χ2v) is 6.84. The average molecular weight is 351 g/mol. The van der Waals surface area contributed by atoms with E-state index in [0.29, 0.717) is 23.0 Å². The molecule has 2 aliphatic rings. The summed E-state index contributed by atoms with van der Waals surface area (Å²) in [7, 11) is 0. The lowest BCUT2D eigenvalue weighted by Crippen LogP contribution is -2.44. The molecule has 0 spiro atoms. The van der Waals surface area contributed by atoms with E-state index < -0.39 is 17.9 Å². The van der Waals surface area contributed by atoms with E-state index in [4.69, 9.17) is 11.6 Å². The molecular formula is C17H19ClN2O4. The van der Waals surface area contributed by atoms with E-state index in [2.05, 4.69) is 5.32 Å². The number of anilines is 1. The highest BCUT2D eigenvalue weighted by Gasteiger charge is 2.38. The summed E-state index contributed by atoms with van der Waals surface area (Å²) in [6.07, 6.45) is 2.55. The van der Waals surface area contributed by atoms with Crippen LogP contribution < -0.4 is 10.2 Å². The molecule has 1 aromatic carbocycles. The molecular weight excluding hydrogens is 332 g/mol. The number of hydrogen-bond acceptors (Lipinski definition) is 3. The Hall–Kier alpha value is -2.08. The minimum atomic E-state index is -1.03. The van der Waals surface area contributed by atoms with Crippen molar-refractivity contribution in [1.29, 1.82) is 0 Å². The summed E-state index contributed by atoms with van der Waals surface area (Å²) < 4.78 is 0. The van der Waals surface area contributed by atoms with E-state index in [-0.39, 0.29) is 24.8 Å². The fourth-order valence-electron chi connectivity index (χ4n) is 2.98. The number of rotatable bonds is 6. The van der Waals surface area contributed by atoms with E-state index in [1.165, 1.54) is 4.90 Å². The first kappa shape index (κ1) is 16.8. The van der Waals surface area contributed by atoms with Crippen molar-refractivity contribution in [3.05, 3.63) is 29.3 Å². The third kappa shape index (κ3) is 3.70. The Balaban J connectivity index is 1.65. The Labute approximate surface area is 144 Å². The molecule has 128 valence electrons. The molecule has 7 heteroatoms. The molecule has 1 aliphatic carbocycles. The van der Waals surface area contributed by atoms with Crippen LogP contribution in [0.25, 0.3) is 0 Å². The zero-order chi connectivity index (χ0) is 17.3. The normalized spacial score (nSPS) is 21.6. The van der Waals surface area contributed by atoms with Gasteiger partial charge < -0.3 is 15.3 Å². The highest BCUT2D eigenvalue weighted by atomic mass is 35.5. The van der Waals surface area contributed by atoms with Crippen LogP contribution in [0.1, 0.15) is 25.7 Å². The molecule has 2 unspecified atom stereocenters. The predicted molar refractivity (Wildman–Crippen MR) is 88.8 cm³/mol. The van der Waals surface area contributed by atoms with Gasteiger partial charge in [-0.2, -0.15) is 0 Å². The number of para-hydroxylation sites is 1. The van der Waals surface area contributed by atoms with Crippen molar-refractivity contribution in [3.63, 3.8) is 0 Å². The lowest BCUT2D eigenvalue weighted by atomic mass is 10.1. The first-order chi connectivity index (χ1) is 11.5. The fraction of sp³-hybridized carbons (Fsp3) is 0.471. The van der Waals surface area contributed by atoms with E-state index in [0.717, 1.165) is 12.8 Å². The number of halogens is 1. The van der Waals surface area contributed by atoms with E-state index in [1.807, 2.05) is 0 Å². The molecule has 6 nitrogen and oxygen atoms in total. The summed E-state index contributed by atoms with van der Waals surface area (Å²) in [6, 6.07) is 6.08. The lowest BCUT2D eigenvalue weighted by Gasteiger charge is -2.19. The zero-order valence-corrected chi connectivity index (χ0v) is 13.8. The number of carbonyl (C=O) groups is 3. The van der Waals surface area contributed by atoms with Crippen molar-refractivity contribution in [3.8, 4) is 0 Å². The van der Waals surface area contributed by atoms with Gasteiger partial charge >= 0.3 is 5.97 Å². The molecule has 24 heavy (non-hydrogen) atoms. The topological polar surface area (TPSA) is 86.7 Å². The summed E-state index contributed by atoms with van der Waals surface area (Å²) in [5, 5.41) is 12.3. The Kier molecular flexibility index (Phi) is 4.76. The summed E-state index contributed by atoms with van der Waals surface area (Å²) >= 11 is 6.11. The van der Waals surface area contributed by atoms with E-state index in [1.54, 1.807) is 24.3 Å². The molecule has 2 atom stereocenters. The van der Waals surface area contributed by atoms with Crippen LogP contribution in [0.5, 0.6) is 0 Å². The predicted octanol–water partition coefficient (Wildman–Crippen LogP) is 2.06. The standard InChI is InChI=1S/C17H19ClN2O4/c18-12-3-1-2-4-14(12)20-9-11(8-15(20)21)16(22)19-13(17(23)24)7-10-5-6-10/h1-4,10-11,13H,5-9H2,(H,19,22)(H,23,24). The zero-order valence-electron chi connectivity index (χ0n) is 13.1. The smallest absolute Gasteiger partial charge is 0.326 e. The minimum absolute atomic E-state index is 0.0623. The molecule has 1 aromatic rings. The molecule has 2 N–H and O–H groups in total. The van der Waals surface area contributed by atoms with Crippen LogP contribution in [0.3, 0.4) is 0 Å². The van der Waals surface area contributed by atoms with Crippen molar-refractivity contribution >= 4 is 35.1 Å². The van der Waals surface area contributed by atoms with Gasteiger partial charge in [-0.05, 0) is 24.5 Å². The molecule has 0 bridgehead atoms. The molecule has 0 aromatic heterocycles. The summed E-state index contributed by atoms with van der Waals surface area (Å²) in [5.41, 5.74) is 0.576. The number of nitrogens with one attached hydrogen (secondary N) is 1.